The van der Waals surface area contributed by atoms with Gasteiger partial charge in [-0.05, 0) is 49.7 Å². The second-order valence-electron chi connectivity index (χ2n) is 5.10. The van der Waals surface area contributed by atoms with E-state index in [2.05, 4.69) is 59.7 Å². The van der Waals surface area contributed by atoms with Crippen molar-refractivity contribution in [2.24, 2.45) is 0 Å². The zero-order chi connectivity index (χ0) is 13.9. The molecule has 0 spiro atoms. The minimum absolute atomic E-state index is 0.890. The fourth-order valence-electron chi connectivity index (χ4n) is 2.30. The molecule has 1 aromatic carbocycles. The highest BCUT2D eigenvalue weighted by molar-refractivity contribution is 7.11. The van der Waals surface area contributed by atoms with Gasteiger partial charge >= 0.3 is 0 Å². The first-order chi connectivity index (χ1) is 9.70. The Labute approximate surface area is 123 Å². The Bertz CT molecular complexity index is 731. The van der Waals surface area contributed by atoms with Gasteiger partial charge in [0.25, 0.3) is 0 Å². The first kappa shape index (κ1) is 13.3. The molecule has 0 aliphatic heterocycles. The van der Waals surface area contributed by atoms with Gasteiger partial charge < -0.3 is 5.32 Å². The second kappa shape index (κ2) is 5.73. The minimum Gasteiger partial charge on any atom is -0.308 e. The van der Waals surface area contributed by atoms with E-state index in [4.69, 9.17) is 0 Å². The van der Waals surface area contributed by atoms with Crippen LogP contribution in [0, 0.1) is 13.8 Å². The molecular formula is C17H18N2S. The van der Waals surface area contributed by atoms with Gasteiger partial charge in [-0.2, -0.15) is 0 Å². The maximum Gasteiger partial charge on any atom is 0.0705 e. The van der Waals surface area contributed by atoms with Crippen LogP contribution in [0.2, 0.25) is 0 Å². The molecule has 2 heterocycles. The van der Waals surface area contributed by atoms with E-state index in [0.717, 1.165) is 24.3 Å². The molecule has 0 saturated heterocycles. The van der Waals surface area contributed by atoms with Crippen LogP contribution in [0.4, 0.5) is 0 Å². The monoisotopic (exact) mass is 282 g/mol. The molecule has 3 aromatic rings. The fourth-order valence-corrected chi connectivity index (χ4v) is 3.16. The van der Waals surface area contributed by atoms with Crippen molar-refractivity contribution in [2.45, 2.75) is 26.9 Å². The molecule has 0 bridgehead atoms. The summed E-state index contributed by atoms with van der Waals surface area (Å²) in [7, 11) is 0. The molecule has 0 atom stereocenters. The van der Waals surface area contributed by atoms with E-state index < -0.39 is 0 Å². The van der Waals surface area contributed by atoms with Crippen LogP contribution in [0.15, 0.2) is 42.5 Å². The fraction of sp³-hybridized carbons (Fsp3) is 0.235. The number of benzene rings is 1. The van der Waals surface area contributed by atoms with Gasteiger partial charge in [-0.3, -0.25) is 4.98 Å². The SMILES string of the molecule is Cc1ccc2cc(CNCc3ccc(C)s3)ccc2n1. The third-order valence-corrected chi connectivity index (χ3v) is 4.32. The molecule has 1 N–H and O–H groups in total. The molecular weight excluding hydrogens is 264 g/mol. The molecule has 3 rings (SSSR count). The largest absolute Gasteiger partial charge is 0.308 e. The van der Waals surface area contributed by atoms with Crippen molar-refractivity contribution in [3.05, 3.63) is 63.5 Å². The lowest BCUT2D eigenvalue weighted by Crippen LogP contribution is -2.11. The average Bonchev–Trinajstić information content (AvgIpc) is 2.85. The first-order valence-electron chi connectivity index (χ1n) is 6.83. The number of thiophene rings is 1. The minimum atomic E-state index is 0.890. The number of fused-ring (bicyclic) bond motifs is 1. The molecule has 2 nitrogen and oxygen atoms in total. The molecule has 0 amide bonds. The summed E-state index contributed by atoms with van der Waals surface area (Å²) in [6.45, 7) is 5.99. The van der Waals surface area contributed by atoms with Gasteiger partial charge in [0, 0.05) is 33.9 Å². The van der Waals surface area contributed by atoms with Crippen LogP contribution in [-0.4, -0.2) is 4.98 Å². The smallest absolute Gasteiger partial charge is 0.0705 e. The predicted molar refractivity (Wildman–Crippen MR) is 86.1 cm³/mol. The predicted octanol–water partition coefficient (Wildman–Crippen LogP) is 4.20. The Balaban J connectivity index is 1.67. The summed E-state index contributed by atoms with van der Waals surface area (Å²) < 4.78 is 0. The van der Waals surface area contributed by atoms with Crippen molar-refractivity contribution < 1.29 is 0 Å². The molecule has 0 unspecified atom stereocenters. The number of pyridine rings is 1. The Morgan fingerprint density at radius 1 is 1.00 bits per heavy atom. The van der Waals surface area contributed by atoms with Gasteiger partial charge in [-0.1, -0.05) is 12.1 Å². The second-order valence-corrected chi connectivity index (χ2v) is 6.47. The summed E-state index contributed by atoms with van der Waals surface area (Å²) in [6, 6.07) is 15.0. The lowest BCUT2D eigenvalue weighted by molar-refractivity contribution is 0.701. The maximum atomic E-state index is 4.53. The number of aromatic nitrogens is 1. The Kier molecular flexibility index (Phi) is 3.81. The summed E-state index contributed by atoms with van der Waals surface area (Å²) >= 11 is 1.85. The van der Waals surface area contributed by atoms with Crippen LogP contribution in [0.25, 0.3) is 10.9 Å². The zero-order valence-corrected chi connectivity index (χ0v) is 12.6. The van der Waals surface area contributed by atoms with E-state index >= 15 is 0 Å². The van der Waals surface area contributed by atoms with Gasteiger partial charge in [0.1, 0.15) is 0 Å². The molecule has 102 valence electrons. The van der Waals surface area contributed by atoms with E-state index in [1.165, 1.54) is 20.7 Å². The average molecular weight is 282 g/mol. The van der Waals surface area contributed by atoms with E-state index in [1.54, 1.807) is 0 Å². The Hall–Kier alpha value is -1.71. The summed E-state index contributed by atoms with van der Waals surface area (Å²) in [5, 5.41) is 4.71. The van der Waals surface area contributed by atoms with Gasteiger partial charge in [-0.15, -0.1) is 11.3 Å². The number of nitrogens with one attached hydrogen (secondary N) is 1. The molecule has 0 aliphatic rings. The molecule has 2 aromatic heterocycles. The maximum absolute atomic E-state index is 4.53. The van der Waals surface area contributed by atoms with Crippen molar-refractivity contribution in [1.29, 1.82) is 0 Å². The quantitative estimate of drug-likeness (QED) is 0.775. The summed E-state index contributed by atoms with van der Waals surface area (Å²) in [5.41, 5.74) is 3.44. The summed E-state index contributed by atoms with van der Waals surface area (Å²) in [4.78, 5) is 7.29. The lowest BCUT2D eigenvalue weighted by Gasteiger charge is -2.05. The topological polar surface area (TPSA) is 24.9 Å². The van der Waals surface area contributed by atoms with Crippen molar-refractivity contribution in [1.82, 2.24) is 10.3 Å². The summed E-state index contributed by atoms with van der Waals surface area (Å²) in [5.74, 6) is 0. The van der Waals surface area contributed by atoms with E-state index in [-0.39, 0.29) is 0 Å². The highest BCUT2D eigenvalue weighted by Gasteiger charge is 2.00. The van der Waals surface area contributed by atoms with Crippen molar-refractivity contribution in [3.8, 4) is 0 Å². The van der Waals surface area contributed by atoms with E-state index in [9.17, 15) is 0 Å². The van der Waals surface area contributed by atoms with E-state index in [0.29, 0.717) is 0 Å². The summed E-state index contributed by atoms with van der Waals surface area (Å²) in [6.07, 6.45) is 0. The molecule has 3 heteroatoms. The zero-order valence-electron chi connectivity index (χ0n) is 11.8. The van der Waals surface area contributed by atoms with Crippen LogP contribution in [0.1, 0.15) is 21.0 Å². The van der Waals surface area contributed by atoms with Gasteiger partial charge in [0.2, 0.25) is 0 Å². The molecule has 0 radical (unpaired) electrons. The van der Waals surface area contributed by atoms with Crippen LogP contribution in [0.3, 0.4) is 0 Å². The Morgan fingerprint density at radius 3 is 2.70 bits per heavy atom. The third-order valence-electron chi connectivity index (χ3n) is 3.32. The highest BCUT2D eigenvalue weighted by Crippen LogP contribution is 2.16. The van der Waals surface area contributed by atoms with Gasteiger partial charge in [-0.25, -0.2) is 0 Å². The molecule has 0 fully saturated rings. The number of nitrogens with zero attached hydrogens (tertiary/aromatic N) is 1. The highest BCUT2D eigenvalue weighted by atomic mass is 32.1. The molecule has 0 saturated carbocycles. The van der Waals surface area contributed by atoms with Crippen LogP contribution >= 0.6 is 11.3 Å². The third kappa shape index (κ3) is 3.06. The molecule has 20 heavy (non-hydrogen) atoms. The number of rotatable bonds is 4. The number of hydrogen-bond donors (Lipinski definition) is 1. The Morgan fingerprint density at radius 2 is 1.90 bits per heavy atom. The lowest BCUT2D eigenvalue weighted by atomic mass is 10.1. The van der Waals surface area contributed by atoms with Crippen LogP contribution in [-0.2, 0) is 13.1 Å². The van der Waals surface area contributed by atoms with Gasteiger partial charge in [0.05, 0.1) is 5.52 Å². The number of hydrogen-bond acceptors (Lipinski definition) is 3. The van der Waals surface area contributed by atoms with Crippen LogP contribution < -0.4 is 5.32 Å². The van der Waals surface area contributed by atoms with Crippen molar-refractivity contribution >= 4 is 22.2 Å². The van der Waals surface area contributed by atoms with Gasteiger partial charge in [0.15, 0.2) is 0 Å². The van der Waals surface area contributed by atoms with Crippen molar-refractivity contribution in [2.75, 3.05) is 0 Å². The first-order valence-corrected chi connectivity index (χ1v) is 7.65. The van der Waals surface area contributed by atoms with E-state index in [1.807, 2.05) is 18.3 Å². The number of aryl methyl sites for hydroxylation is 2. The van der Waals surface area contributed by atoms with Crippen LogP contribution in [0.5, 0.6) is 0 Å². The normalized spacial score (nSPS) is 11.1. The van der Waals surface area contributed by atoms with Crippen molar-refractivity contribution in [3.63, 3.8) is 0 Å². The molecule has 0 aliphatic carbocycles. The standard InChI is InChI=1S/C17H18N2S/c1-12-3-6-15-9-14(5-8-17(15)19-12)10-18-11-16-7-4-13(2)20-16/h3-9,18H,10-11H2,1-2H3.